The van der Waals surface area contributed by atoms with Crippen molar-refractivity contribution in [3.63, 3.8) is 0 Å². The summed E-state index contributed by atoms with van der Waals surface area (Å²) in [7, 11) is -5.08. The molecule has 4 rings (SSSR count). The molecular formula is C23H28F3NO6S. The van der Waals surface area contributed by atoms with Crippen molar-refractivity contribution < 1.29 is 40.8 Å². The Morgan fingerprint density at radius 1 is 1.32 bits per heavy atom. The number of hydrogen-bond acceptors (Lipinski definition) is 5. The van der Waals surface area contributed by atoms with Gasteiger partial charge in [0.1, 0.15) is 13.2 Å². The van der Waals surface area contributed by atoms with Gasteiger partial charge in [0, 0.05) is 5.41 Å². The lowest BCUT2D eigenvalue weighted by Gasteiger charge is -2.50. The molecule has 0 aliphatic heterocycles. The van der Waals surface area contributed by atoms with E-state index in [1.807, 2.05) is 0 Å². The minimum Gasteiger partial charge on any atom is -0.392 e. The van der Waals surface area contributed by atoms with E-state index in [9.17, 15) is 36.0 Å². The van der Waals surface area contributed by atoms with Crippen LogP contribution in [0.1, 0.15) is 49.7 Å². The molecule has 3 aliphatic carbocycles. The minimum absolute atomic E-state index is 0.0723. The molecule has 7 nitrogen and oxygen atoms in total. The van der Waals surface area contributed by atoms with Crippen molar-refractivity contribution in [1.29, 1.82) is 0 Å². The molecule has 0 heterocycles. The fraction of sp³-hybridized carbons (Fsp3) is 0.609. The second-order valence-electron chi connectivity index (χ2n) is 9.84. The normalized spacial score (nSPS) is 30.9. The summed E-state index contributed by atoms with van der Waals surface area (Å²) in [6, 6.07) is 4.59. The van der Waals surface area contributed by atoms with E-state index in [0.717, 1.165) is 36.0 Å². The molecule has 2 N–H and O–H groups in total. The van der Waals surface area contributed by atoms with Gasteiger partial charge in [-0.3, -0.25) is 9.35 Å². The lowest BCUT2D eigenvalue weighted by Crippen LogP contribution is -2.44. The zero-order chi connectivity index (χ0) is 25.1. The van der Waals surface area contributed by atoms with Gasteiger partial charge in [-0.25, -0.2) is 0 Å². The van der Waals surface area contributed by atoms with Crippen LogP contribution < -0.4 is 4.31 Å². The van der Waals surface area contributed by atoms with Gasteiger partial charge in [-0.2, -0.15) is 25.9 Å². The predicted molar refractivity (Wildman–Crippen MR) is 117 cm³/mol. The molecule has 0 spiro atoms. The Morgan fingerprint density at radius 2 is 2.03 bits per heavy atom. The number of aryl methyl sites for hydroxylation is 1. The first-order chi connectivity index (χ1) is 15.7. The average molecular weight is 504 g/mol. The summed E-state index contributed by atoms with van der Waals surface area (Å²) in [5.41, 5.74) is 2.55. The number of rotatable bonds is 5. The van der Waals surface area contributed by atoms with Gasteiger partial charge in [0.15, 0.2) is 0 Å². The van der Waals surface area contributed by atoms with Gasteiger partial charge in [-0.15, -0.1) is 0 Å². The number of halogens is 3. The zero-order valence-corrected chi connectivity index (χ0v) is 19.5. The molecule has 0 radical (unpaired) electrons. The fourth-order valence-corrected chi connectivity index (χ4v) is 7.09. The van der Waals surface area contributed by atoms with Crippen LogP contribution in [0.4, 0.5) is 18.9 Å². The number of carbonyl (C=O) groups is 1. The SMILES string of the molecule is C=C1C[C@@H](O)[C@@]2(C)CCC3c4ccc(N(C(=O)COCC(F)(F)F)S(=O)(=O)O)cc4CCC3[C@H]12. The zero-order valence-electron chi connectivity index (χ0n) is 18.7. The van der Waals surface area contributed by atoms with E-state index in [-0.39, 0.29) is 33.2 Å². The summed E-state index contributed by atoms with van der Waals surface area (Å²) in [4.78, 5) is 12.4. The van der Waals surface area contributed by atoms with Gasteiger partial charge in [0.25, 0.3) is 5.91 Å². The molecule has 188 valence electrons. The van der Waals surface area contributed by atoms with Crippen LogP contribution in [0.2, 0.25) is 0 Å². The maximum Gasteiger partial charge on any atom is 0.411 e. The first kappa shape index (κ1) is 25.2. The van der Waals surface area contributed by atoms with Crippen molar-refractivity contribution in [2.45, 2.75) is 57.2 Å². The number of amides is 1. The van der Waals surface area contributed by atoms with Gasteiger partial charge >= 0.3 is 16.5 Å². The van der Waals surface area contributed by atoms with Crippen LogP contribution >= 0.6 is 0 Å². The maximum atomic E-state index is 12.4. The van der Waals surface area contributed by atoms with Gasteiger partial charge in [-0.05, 0) is 73.1 Å². The topological polar surface area (TPSA) is 104 Å². The number of benzene rings is 1. The molecular weight excluding hydrogens is 475 g/mol. The molecule has 3 aliphatic rings. The third-order valence-corrected chi connectivity index (χ3v) is 8.64. The highest BCUT2D eigenvalue weighted by Gasteiger charge is 2.56. The number of hydrogen-bond donors (Lipinski definition) is 2. The van der Waals surface area contributed by atoms with Crippen molar-refractivity contribution in [1.82, 2.24) is 0 Å². The standard InChI is InChI=1S/C23H28F3NO6S/c1-13-9-19(28)22(2)8-7-17-16-6-4-15(10-14(16)3-5-18(17)21(13)22)27(34(30,31)32)20(29)11-33-12-23(24,25)26/h4,6,10,17-19,21,28H,1,3,5,7-9,11-12H2,2H3,(H,30,31,32)/t17?,18?,19-,21+,22-/m1/s1. The molecule has 5 atom stereocenters. The molecule has 0 saturated heterocycles. The highest BCUT2D eigenvalue weighted by molar-refractivity contribution is 7.88. The number of aliphatic hydroxyl groups excluding tert-OH is 1. The summed E-state index contributed by atoms with van der Waals surface area (Å²) >= 11 is 0. The number of anilines is 1. The van der Waals surface area contributed by atoms with Crippen molar-refractivity contribution in [3.05, 3.63) is 41.5 Å². The highest BCUT2D eigenvalue weighted by Crippen LogP contribution is 2.62. The second kappa shape index (κ2) is 8.61. The number of ether oxygens (including phenoxy) is 1. The first-order valence-corrected chi connectivity index (χ1v) is 12.6. The molecule has 1 aromatic carbocycles. The van der Waals surface area contributed by atoms with E-state index < -0.39 is 41.7 Å². The number of fused-ring (bicyclic) bond motifs is 5. The third kappa shape index (κ3) is 4.50. The maximum absolute atomic E-state index is 12.4. The van der Waals surface area contributed by atoms with Crippen molar-refractivity contribution >= 4 is 21.9 Å². The average Bonchev–Trinajstić information content (AvgIpc) is 2.94. The highest BCUT2D eigenvalue weighted by atomic mass is 32.2. The van der Waals surface area contributed by atoms with E-state index in [1.54, 1.807) is 6.07 Å². The largest absolute Gasteiger partial charge is 0.411 e. The van der Waals surface area contributed by atoms with Crippen LogP contribution in [0.25, 0.3) is 0 Å². The molecule has 2 saturated carbocycles. The lowest BCUT2D eigenvalue weighted by atomic mass is 9.55. The number of aliphatic hydroxyl groups is 1. The van der Waals surface area contributed by atoms with E-state index in [4.69, 9.17) is 0 Å². The van der Waals surface area contributed by atoms with Crippen LogP contribution in [0.3, 0.4) is 0 Å². The van der Waals surface area contributed by atoms with Gasteiger partial charge in [-0.1, -0.05) is 25.1 Å². The second-order valence-corrected chi connectivity index (χ2v) is 11.1. The van der Waals surface area contributed by atoms with Crippen LogP contribution in [-0.2, 0) is 26.3 Å². The van der Waals surface area contributed by atoms with Crippen molar-refractivity contribution in [3.8, 4) is 0 Å². The van der Waals surface area contributed by atoms with Crippen LogP contribution in [0.15, 0.2) is 30.4 Å². The molecule has 34 heavy (non-hydrogen) atoms. The van der Waals surface area contributed by atoms with Crippen molar-refractivity contribution in [2.75, 3.05) is 17.5 Å². The van der Waals surface area contributed by atoms with E-state index in [2.05, 4.69) is 18.2 Å². The summed E-state index contributed by atoms with van der Waals surface area (Å²) in [5, 5.41) is 10.6. The van der Waals surface area contributed by atoms with Crippen LogP contribution in [0.5, 0.6) is 0 Å². The fourth-order valence-electron chi connectivity index (χ4n) is 6.40. The quantitative estimate of drug-likeness (QED) is 0.468. The van der Waals surface area contributed by atoms with Gasteiger partial charge in [0.05, 0.1) is 11.8 Å². The Balaban J connectivity index is 1.59. The molecule has 1 amide bonds. The van der Waals surface area contributed by atoms with Gasteiger partial charge < -0.3 is 9.84 Å². The third-order valence-electron chi connectivity index (χ3n) is 7.76. The Hall–Kier alpha value is -1.95. The molecule has 0 aromatic heterocycles. The summed E-state index contributed by atoms with van der Waals surface area (Å²) in [6.07, 6.45) is -1.43. The summed E-state index contributed by atoms with van der Waals surface area (Å²) in [5.74, 6) is -0.666. The predicted octanol–water partition coefficient (Wildman–Crippen LogP) is 3.78. The molecule has 11 heteroatoms. The molecule has 2 fully saturated rings. The minimum atomic E-state index is -5.08. The van der Waals surface area contributed by atoms with Crippen molar-refractivity contribution in [2.24, 2.45) is 17.3 Å². The first-order valence-electron chi connectivity index (χ1n) is 11.2. The monoisotopic (exact) mass is 503 g/mol. The number of alkyl halides is 3. The Kier molecular flexibility index (Phi) is 6.37. The number of nitrogens with zero attached hydrogens (tertiary/aromatic N) is 1. The molecule has 1 aromatic rings. The summed E-state index contributed by atoms with van der Waals surface area (Å²) < 4.78 is 74.7. The van der Waals surface area contributed by atoms with Gasteiger partial charge in [0.2, 0.25) is 0 Å². The smallest absolute Gasteiger partial charge is 0.392 e. The Bertz CT molecular complexity index is 1100. The number of carbonyl (C=O) groups excluding carboxylic acids is 1. The van der Waals surface area contributed by atoms with E-state index >= 15 is 0 Å². The van der Waals surface area contributed by atoms with Crippen LogP contribution in [-0.4, -0.2) is 49.5 Å². The summed E-state index contributed by atoms with van der Waals surface area (Å²) in [6.45, 7) is 3.46. The Morgan fingerprint density at radius 3 is 2.68 bits per heavy atom. The Labute approximate surface area is 196 Å². The molecule has 0 bridgehead atoms. The van der Waals surface area contributed by atoms with E-state index in [0.29, 0.717) is 12.8 Å². The molecule has 2 unspecified atom stereocenters. The van der Waals surface area contributed by atoms with E-state index in [1.165, 1.54) is 12.1 Å². The van der Waals surface area contributed by atoms with Crippen LogP contribution in [0, 0.1) is 17.3 Å². The lowest BCUT2D eigenvalue weighted by molar-refractivity contribution is -0.175.